The van der Waals surface area contributed by atoms with E-state index in [1.54, 1.807) is 22.8 Å². The molecule has 5 rings (SSSR count). The smallest absolute Gasteiger partial charge is 0.275 e. The van der Waals surface area contributed by atoms with E-state index in [1.807, 2.05) is 18.9 Å². The normalized spacial score (nSPS) is 17.5. The largest absolute Gasteiger partial charge is 0.487 e. The summed E-state index contributed by atoms with van der Waals surface area (Å²) in [6.45, 7) is 5.02. The Morgan fingerprint density at radius 3 is 2.64 bits per heavy atom. The van der Waals surface area contributed by atoms with Gasteiger partial charge in [-0.25, -0.2) is 4.39 Å². The standard InChI is InChI=1S/C25H27FN6O4/c1-14-13-36-23-20-17(11-19(26)21(23)31-8-6-30(2)7-9-31)22(33)18(12-32(14)20)25(35)29-28-16-5-3-4-15(10-16)24(27)34/h3-5,10-12,14,28H,6-9,13H2,1-2H3,(H2,27,34)(H,29,35). The zero-order chi connectivity index (χ0) is 25.6. The Bertz CT molecular complexity index is 1430. The number of rotatable bonds is 5. The summed E-state index contributed by atoms with van der Waals surface area (Å²) in [6.07, 6.45) is 1.49. The van der Waals surface area contributed by atoms with Crippen molar-refractivity contribution in [3.63, 3.8) is 0 Å². The van der Waals surface area contributed by atoms with Crippen molar-refractivity contribution in [2.45, 2.75) is 13.0 Å². The summed E-state index contributed by atoms with van der Waals surface area (Å²) in [4.78, 5) is 41.9. The van der Waals surface area contributed by atoms with Crippen molar-refractivity contribution >= 4 is 34.1 Å². The highest BCUT2D eigenvalue weighted by Crippen LogP contribution is 2.42. The molecule has 2 aliphatic rings. The minimum Gasteiger partial charge on any atom is -0.487 e. The number of primary amides is 1. The van der Waals surface area contributed by atoms with Crippen LogP contribution in [0.4, 0.5) is 15.8 Å². The highest BCUT2D eigenvalue weighted by atomic mass is 19.1. The van der Waals surface area contributed by atoms with Crippen LogP contribution in [0.1, 0.15) is 33.7 Å². The predicted molar refractivity (Wildman–Crippen MR) is 134 cm³/mol. The van der Waals surface area contributed by atoms with Crippen molar-refractivity contribution in [3.8, 4) is 5.75 Å². The third kappa shape index (κ3) is 4.11. The maximum atomic E-state index is 15.5. The lowest BCUT2D eigenvalue weighted by Gasteiger charge is -2.37. The monoisotopic (exact) mass is 494 g/mol. The molecular weight excluding hydrogens is 467 g/mol. The second-order valence-corrected chi connectivity index (χ2v) is 9.19. The van der Waals surface area contributed by atoms with Crippen molar-refractivity contribution in [2.24, 2.45) is 5.73 Å². The Labute approximate surface area is 206 Å². The molecule has 3 heterocycles. The van der Waals surface area contributed by atoms with Gasteiger partial charge in [-0.3, -0.25) is 25.2 Å². The van der Waals surface area contributed by atoms with E-state index < -0.39 is 23.1 Å². The highest BCUT2D eigenvalue weighted by molar-refractivity contribution is 6.00. The molecule has 0 aliphatic carbocycles. The topological polar surface area (TPSA) is 122 Å². The first-order chi connectivity index (χ1) is 17.2. The average Bonchev–Trinajstić information content (AvgIpc) is 2.86. The first-order valence-corrected chi connectivity index (χ1v) is 11.7. The molecule has 11 heteroatoms. The Morgan fingerprint density at radius 1 is 1.17 bits per heavy atom. The number of pyridine rings is 1. The number of aromatic nitrogens is 1. The molecule has 2 aromatic carbocycles. The summed E-state index contributed by atoms with van der Waals surface area (Å²) in [7, 11) is 2.02. The number of carbonyl (C=O) groups is 2. The van der Waals surface area contributed by atoms with Gasteiger partial charge in [0.15, 0.2) is 11.6 Å². The predicted octanol–water partition coefficient (Wildman–Crippen LogP) is 1.70. The Kier molecular flexibility index (Phi) is 6.00. The lowest BCUT2D eigenvalue weighted by atomic mass is 10.0. The Balaban J connectivity index is 1.53. The summed E-state index contributed by atoms with van der Waals surface area (Å²) < 4.78 is 23.2. The Morgan fingerprint density at radius 2 is 1.92 bits per heavy atom. The zero-order valence-electron chi connectivity index (χ0n) is 20.0. The quantitative estimate of drug-likeness (QED) is 0.462. The third-order valence-corrected chi connectivity index (χ3v) is 6.67. The number of nitrogens with one attached hydrogen (secondary N) is 2. The molecule has 3 aromatic rings. The highest BCUT2D eigenvalue weighted by Gasteiger charge is 2.31. The number of nitrogens with zero attached hydrogens (tertiary/aromatic N) is 3. The molecule has 0 spiro atoms. The summed E-state index contributed by atoms with van der Waals surface area (Å²) in [5.74, 6) is -1.53. The van der Waals surface area contributed by atoms with Gasteiger partial charge in [-0.05, 0) is 38.2 Å². The summed E-state index contributed by atoms with van der Waals surface area (Å²) in [5, 5.41) is 0.0790. The number of amides is 2. The lowest BCUT2D eigenvalue weighted by Crippen LogP contribution is -2.45. The van der Waals surface area contributed by atoms with E-state index in [9.17, 15) is 14.4 Å². The summed E-state index contributed by atoms with van der Waals surface area (Å²) in [6, 6.07) is 7.27. The van der Waals surface area contributed by atoms with E-state index in [1.165, 1.54) is 18.3 Å². The van der Waals surface area contributed by atoms with Gasteiger partial charge < -0.3 is 24.8 Å². The Hall–Kier alpha value is -4.12. The van der Waals surface area contributed by atoms with E-state index in [-0.39, 0.29) is 29.2 Å². The van der Waals surface area contributed by atoms with Gasteiger partial charge in [0, 0.05) is 37.9 Å². The van der Waals surface area contributed by atoms with E-state index >= 15 is 4.39 Å². The molecule has 0 radical (unpaired) electrons. The molecule has 2 amide bonds. The third-order valence-electron chi connectivity index (χ3n) is 6.67. The molecule has 2 aliphatic heterocycles. The second-order valence-electron chi connectivity index (χ2n) is 9.19. The first kappa shape index (κ1) is 23.6. The van der Waals surface area contributed by atoms with Gasteiger partial charge in [0.1, 0.15) is 17.9 Å². The van der Waals surface area contributed by atoms with E-state index in [0.29, 0.717) is 35.7 Å². The molecule has 1 unspecified atom stereocenters. The van der Waals surface area contributed by atoms with Crippen molar-refractivity contribution in [3.05, 3.63) is 63.7 Å². The van der Waals surface area contributed by atoms with Crippen LogP contribution in [0.2, 0.25) is 0 Å². The number of nitrogens with two attached hydrogens (primary N) is 1. The van der Waals surface area contributed by atoms with Crippen LogP contribution in [0, 0.1) is 5.82 Å². The molecule has 4 N–H and O–H groups in total. The van der Waals surface area contributed by atoms with Gasteiger partial charge in [0.25, 0.3) is 5.91 Å². The second kappa shape index (κ2) is 9.15. The molecular formula is C25H27FN6O4. The van der Waals surface area contributed by atoms with E-state index in [4.69, 9.17) is 10.5 Å². The van der Waals surface area contributed by atoms with Crippen LogP contribution >= 0.6 is 0 Å². The summed E-state index contributed by atoms with van der Waals surface area (Å²) in [5.41, 5.74) is 11.2. The number of benzene rings is 2. The number of carbonyl (C=O) groups excluding carboxylic acids is 2. The first-order valence-electron chi connectivity index (χ1n) is 11.7. The molecule has 1 fully saturated rings. The molecule has 1 aromatic heterocycles. The van der Waals surface area contributed by atoms with Gasteiger partial charge in [-0.15, -0.1) is 0 Å². The van der Waals surface area contributed by atoms with Gasteiger partial charge in [0.2, 0.25) is 11.3 Å². The number of hydrazine groups is 1. The number of anilines is 2. The molecule has 188 valence electrons. The van der Waals surface area contributed by atoms with E-state index in [0.717, 1.165) is 13.1 Å². The number of hydrogen-bond donors (Lipinski definition) is 3. The van der Waals surface area contributed by atoms with Crippen LogP contribution in [-0.2, 0) is 0 Å². The molecule has 1 saturated heterocycles. The maximum absolute atomic E-state index is 15.5. The van der Waals surface area contributed by atoms with Gasteiger partial charge >= 0.3 is 0 Å². The fraction of sp³-hybridized carbons (Fsp3) is 0.320. The molecule has 0 bridgehead atoms. The summed E-state index contributed by atoms with van der Waals surface area (Å²) >= 11 is 0. The van der Waals surface area contributed by atoms with Gasteiger partial charge in [0.05, 0.1) is 22.6 Å². The van der Waals surface area contributed by atoms with Crippen molar-refractivity contribution < 1.29 is 18.7 Å². The van der Waals surface area contributed by atoms with Gasteiger partial charge in [-0.1, -0.05) is 6.07 Å². The average molecular weight is 495 g/mol. The fourth-order valence-corrected chi connectivity index (χ4v) is 4.64. The van der Waals surface area contributed by atoms with Crippen LogP contribution in [0.5, 0.6) is 5.75 Å². The minimum absolute atomic E-state index is 0.0790. The van der Waals surface area contributed by atoms with Crippen LogP contribution in [-0.4, -0.2) is 61.1 Å². The number of hydrogen-bond acceptors (Lipinski definition) is 7. The lowest BCUT2D eigenvalue weighted by molar-refractivity contribution is 0.0959. The van der Waals surface area contributed by atoms with Crippen molar-refractivity contribution in [1.82, 2.24) is 14.9 Å². The fourth-order valence-electron chi connectivity index (χ4n) is 4.64. The number of ether oxygens (including phenoxy) is 1. The van der Waals surface area contributed by atoms with Crippen LogP contribution < -0.4 is 31.7 Å². The van der Waals surface area contributed by atoms with Crippen LogP contribution in [0.25, 0.3) is 10.9 Å². The van der Waals surface area contributed by atoms with Crippen LogP contribution in [0.15, 0.2) is 41.3 Å². The number of halogens is 1. The molecule has 36 heavy (non-hydrogen) atoms. The molecule has 10 nitrogen and oxygen atoms in total. The number of likely N-dealkylation sites (N-methyl/N-ethyl adjacent to an activating group) is 1. The SMILES string of the molecule is CC1COc2c(N3CCN(C)CC3)c(F)cc3c(=O)c(C(=O)NNc4cccc(C(N)=O)c4)cn1c23. The number of piperazine rings is 1. The van der Waals surface area contributed by atoms with Crippen molar-refractivity contribution in [1.29, 1.82) is 0 Å². The minimum atomic E-state index is -0.695. The molecule has 0 saturated carbocycles. The van der Waals surface area contributed by atoms with Gasteiger partial charge in [-0.2, -0.15) is 0 Å². The van der Waals surface area contributed by atoms with Crippen molar-refractivity contribution in [2.75, 3.05) is 50.2 Å². The zero-order valence-corrected chi connectivity index (χ0v) is 20.0. The maximum Gasteiger partial charge on any atom is 0.275 e. The van der Waals surface area contributed by atoms with Crippen LogP contribution in [0.3, 0.4) is 0 Å². The van der Waals surface area contributed by atoms with E-state index in [2.05, 4.69) is 15.8 Å². The molecule has 1 atom stereocenters.